The average molecular weight is 283 g/mol. The first-order valence-electron chi connectivity index (χ1n) is 6.12. The second-order valence-electron chi connectivity index (χ2n) is 4.27. The van der Waals surface area contributed by atoms with Crippen molar-refractivity contribution in [2.75, 3.05) is 10.7 Å². The van der Waals surface area contributed by atoms with Gasteiger partial charge >= 0.3 is 5.69 Å². The van der Waals surface area contributed by atoms with E-state index in [-0.39, 0.29) is 11.4 Å². The third-order valence-corrected chi connectivity index (χ3v) is 2.91. The molecular weight excluding hydrogens is 270 g/mol. The topological polar surface area (TPSA) is 117 Å². The van der Waals surface area contributed by atoms with Crippen molar-refractivity contribution < 1.29 is 4.92 Å². The normalized spacial score (nSPS) is 9.71. The Hall–Kier alpha value is -3.11. The minimum Gasteiger partial charge on any atom is -0.375 e. The van der Waals surface area contributed by atoms with Crippen LogP contribution in [-0.4, -0.2) is 4.92 Å². The maximum Gasteiger partial charge on any atom is 0.316 e. The smallest absolute Gasteiger partial charge is 0.316 e. The quantitative estimate of drug-likeness (QED) is 0.440. The SMILES string of the molecule is N#Cc1cccc(CNc2cccc(NN)c2[N+](=O)[O-])c1. The van der Waals surface area contributed by atoms with Crippen molar-refractivity contribution in [2.24, 2.45) is 5.84 Å². The van der Waals surface area contributed by atoms with Crippen LogP contribution in [0, 0.1) is 21.4 Å². The molecule has 2 aromatic carbocycles. The van der Waals surface area contributed by atoms with Gasteiger partial charge in [-0.15, -0.1) is 0 Å². The molecule has 4 N–H and O–H groups in total. The Morgan fingerprint density at radius 1 is 1.24 bits per heavy atom. The van der Waals surface area contributed by atoms with Crippen molar-refractivity contribution in [1.29, 1.82) is 5.26 Å². The molecule has 0 aliphatic heterocycles. The summed E-state index contributed by atoms with van der Waals surface area (Å²) in [6.45, 7) is 0.365. The highest BCUT2D eigenvalue weighted by atomic mass is 16.6. The summed E-state index contributed by atoms with van der Waals surface area (Å²) in [7, 11) is 0. The summed E-state index contributed by atoms with van der Waals surface area (Å²) in [5.74, 6) is 5.28. The largest absolute Gasteiger partial charge is 0.375 e. The summed E-state index contributed by atoms with van der Waals surface area (Å²) in [6.07, 6.45) is 0. The van der Waals surface area contributed by atoms with E-state index in [2.05, 4.69) is 16.8 Å². The number of nitrogen functional groups attached to an aromatic ring is 1. The first-order chi connectivity index (χ1) is 10.2. The number of nitrogens with two attached hydrogens (primary N) is 1. The van der Waals surface area contributed by atoms with Gasteiger partial charge in [-0.05, 0) is 29.8 Å². The van der Waals surface area contributed by atoms with Gasteiger partial charge in [-0.3, -0.25) is 16.0 Å². The van der Waals surface area contributed by atoms with Gasteiger partial charge in [-0.1, -0.05) is 18.2 Å². The van der Waals surface area contributed by atoms with Crippen LogP contribution in [0.25, 0.3) is 0 Å². The molecule has 0 saturated carbocycles. The van der Waals surface area contributed by atoms with Crippen LogP contribution in [0.4, 0.5) is 17.1 Å². The number of nitrogens with zero attached hydrogens (tertiary/aromatic N) is 2. The lowest BCUT2D eigenvalue weighted by Gasteiger charge is -2.10. The molecule has 0 atom stereocenters. The molecule has 7 heteroatoms. The number of nitriles is 1. The van der Waals surface area contributed by atoms with Gasteiger partial charge in [0.2, 0.25) is 0 Å². The summed E-state index contributed by atoms with van der Waals surface area (Å²) < 4.78 is 0. The van der Waals surface area contributed by atoms with Crippen LogP contribution in [-0.2, 0) is 6.54 Å². The zero-order valence-electron chi connectivity index (χ0n) is 11.0. The molecular formula is C14H13N5O2. The second kappa shape index (κ2) is 6.36. The van der Waals surface area contributed by atoms with E-state index in [0.717, 1.165) is 5.56 Å². The van der Waals surface area contributed by atoms with Crippen LogP contribution < -0.4 is 16.6 Å². The molecule has 0 aliphatic carbocycles. The van der Waals surface area contributed by atoms with Gasteiger partial charge in [0.25, 0.3) is 0 Å². The maximum absolute atomic E-state index is 11.1. The third-order valence-electron chi connectivity index (χ3n) is 2.91. The van der Waals surface area contributed by atoms with Gasteiger partial charge in [0.1, 0.15) is 11.4 Å². The van der Waals surface area contributed by atoms with Gasteiger partial charge in [0, 0.05) is 6.54 Å². The highest BCUT2D eigenvalue weighted by Crippen LogP contribution is 2.32. The second-order valence-corrected chi connectivity index (χ2v) is 4.27. The Morgan fingerprint density at radius 3 is 2.62 bits per heavy atom. The summed E-state index contributed by atoms with van der Waals surface area (Å²) in [4.78, 5) is 10.6. The number of nitrogens with one attached hydrogen (secondary N) is 2. The monoisotopic (exact) mass is 283 g/mol. The van der Waals surface area contributed by atoms with E-state index in [9.17, 15) is 10.1 Å². The van der Waals surface area contributed by atoms with Crippen LogP contribution in [0.2, 0.25) is 0 Å². The standard InChI is InChI=1S/C14H13N5O2/c15-8-10-3-1-4-11(7-10)9-17-12-5-2-6-13(18-16)14(12)19(20)21/h1-7,17-18H,9,16H2. The molecule has 0 unspecified atom stereocenters. The van der Waals surface area contributed by atoms with Crippen LogP contribution in [0.15, 0.2) is 42.5 Å². The predicted octanol–water partition coefficient (Wildman–Crippen LogP) is 2.36. The van der Waals surface area contributed by atoms with E-state index in [0.29, 0.717) is 17.8 Å². The van der Waals surface area contributed by atoms with E-state index in [1.807, 2.05) is 6.07 Å². The molecule has 0 aliphatic rings. The zero-order valence-corrected chi connectivity index (χ0v) is 11.0. The number of hydrazine groups is 1. The molecule has 21 heavy (non-hydrogen) atoms. The Balaban J connectivity index is 2.24. The lowest BCUT2D eigenvalue weighted by molar-refractivity contribution is -0.383. The molecule has 106 valence electrons. The van der Waals surface area contributed by atoms with Crippen molar-refractivity contribution in [1.82, 2.24) is 0 Å². The highest BCUT2D eigenvalue weighted by molar-refractivity contribution is 5.75. The number of nitro benzene ring substituents is 1. The van der Waals surface area contributed by atoms with Gasteiger partial charge < -0.3 is 10.7 Å². The fraction of sp³-hybridized carbons (Fsp3) is 0.0714. The molecule has 0 saturated heterocycles. The van der Waals surface area contributed by atoms with Crippen LogP contribution >= 0.6 is 0 Å². The summed E-state index contributed by atoms with van der Waals surface area (Å²) >= 11 is 0. The summed E-state index contributed by atoms with van der Waals surface area (Å²) in [6, 6.07) is 13.9. The summed E-state index contributed by atoms with van der Waals surface area (Å²) in [5.41, 5.74) is 4.18. The van der Waals surface area contributed by atoms with E-state index >= 15 is 0 Å². The molecule has 2 rings (SSSR count). The molecule has 0 bridgehead atoms. The van der Waals surface area contributed by atoms with Crippen LogP contribution in [0.1, 0.15) is 11.1 Å². The lowest BCUT2D eigenvalue weighted by Crippen LogP contribution is -2.11. The lowest BCUT2D eigenvalue weighted by atomic mass is 10.1. The molecule has 0 spiro atoms. The molecule has 0 radical (unpaired) electrons. The molecule has 0 amide bonds. The fourth-order valence-electron chi connectivity index (χ4n) is 1.95. The van der Waals surface area contributed by atoms with Gasteiger partial charge in [-0.2, -0.15) is 5.26 Å². The van der Waals surface area contributed by atoms with Crippen molar-refractivity contribution >= 4 is 17.1 Å². The van der Waals surface area contributed by atoms with Crippen LogP contribution in [0.5, 0.6) is 0 Å². The highest BCUT2D eigenvalue weighted by Gasteiger charge is 2.18. The van der Waals surface area contributed by atoms with E-state index < -0.39 is 4.92 Å². The average Bonchev–Trinajstić information content (AvgIpc) is 2.52. The number of benzene rings is 2. The number of nitro groups is 1. The van der Waals surface area contributed by atoms with E-state index in [1.165, 1.54) is 6.07 Å². The minimum atomic E-state index is -0.497. The predicted molar refractivity (Wildman–Crippen MR) is 79.4 cm³/mol. The molecule has 0 heterocycles. The van der Waals surface area contributed by atoms with Crippen molar-refractivity contribution in [2.45, 2.75) is 6.54 Å². The number of hydrogen-bond acceptors (Lipinski definition) is 6. The number of para-hydroxylation sites is 1. The van der Waals surface area contributed by atoms with Gasteiger partial charge in [-0.25, -0.2) is 0 Å². The van der Waals surface area contributed by atoms with Gasteiger partial charge in [0.05, 0.1) is 16.6 Å². The minimum absolute atomic E-state index is 0.114. The molecule has 0 aromatic heterocycles. The zero-order chi connectivity index (χ0) is 15.2. The first kappa shape index (κ1) is 14.3. The molecule has 7 nitrogen and oxygen atoms in total. The Labute approximate surface area is 121 Å². The van der Waals surface area contributed by atoms with Crippen molar-refractivity contribution in [3.63, 3.8) is 0 Å². The van der Waals surface area contributed by atoms with Crippen molar-refractivity contribution in [3.05, 3.63) is 63.7 Å². The Morgan fingerprint density at radius 2 is 1.95 bits per heavy atom. The molecule has 0 fully saturated rings. The summed E-state index contributed by atoms with van der Waals surface area (Å²) in [5, 5.41) is 23.0. The maximum atomic E-state index is 11.1. The fourth-order valence-corrected chi connectivity index (χ4v) is 1.95. The van der Waals surface area contributed by atoms with Gasteiger partial charge in [0.15, 0.2) is 0 Å². The Kier molecular flexibility index (Phi) is 4.33. The number of rotatable bonds is 5. The van der Waals surface area contributed by atoms with E-state index in [1.54, 1.807) is 30.3 Å². The molecule has 2 aromatic rings. The van der Waals surface area contributed by atoms with E-state index in [4.69, 9.17) is 11.1 Å². The number of hydrogen-bond donors (Lipinski definition) is 3. The third kappa shape index (κ3) is 3.26. The first-order valence-corrected chi connectivity index (χ1v) is 6.12. The Bertz CT molecular complexity index is 709. The van der Waals surface area contributed by atoms with Crippen LogP contribution in [0.3, 0.4) is 0 Å². The van der Waals surface area contributed by atoms with Crippen molar-refractivity contribution in [3.8, 4) is 6.07 Å². The number of anilines is 2.